The molecule has 1 N–H and O–H groups in total. The maximum absolute atomic E-state index is 13.2. The molecule has 6 nitrogen and oxygen atoms in total. The van der Waals surface area contributed by atoms with E-state index in [2.05, 4.69) is 0 Å². The first-order chi connectivity index (χ1) is 11.2. The molecule has 0 radical (unpaired) electrons. The Morgan fingerprint density at radius 2 is 2.00 bits per heavy atom. The second-order valence-corrected chi connectivity index (χ2v) is 8.32. The largest absolute Gasteiger partial charge is 0.480 e. The number of hydrogen-bond donors (Lipinski definition) is 1. The highest BCUT2D eigenvalue weighted by atomic mass is 35.5. The van der Waals surface area contributed by atoms with Crippen molar-refractivity contribution in [2.24, 2.45) is 0 Å². The summed E-state index contributed by atoms with van der Waals surface area (Å²) in [6.07, 6.45) is 1.15. The summed E-state index contributed by atoms with van der Waals surface area (Å²) in [6, 6.07) is 3.93. The Morgan fingerprint density at radius 1 is 1.40 bits per heavy atom. The van der Waals surface area contributed by atoms with Crippen molar-refractivity contribution < 1.29 is 22.7 Å². The summed E-state index contributed by atoms with van der Waals surface area (Å²) < 4.78 is 39.5. The Balaban J connectivity index is 0.00000312. The van der Waals surface area contributed by atoms with Crippen molar-refractivity contribution in [1.29, 1.82) is 0 Å². The van der Waals surface area contributed by atoms with E-state index in [4.69, 9.17) is 16.7 Å². The minimum atomic E-state index is -3.52. The summed E-state index contributed by atoms with van der Waals surface area (Å²) in [6.45, 7) is 0.614. The van der Waals surface area contributed by atoms with Gasteiger partial charge >= 0.3 is 5.97 Å². The molecule has 0 bridgehead atoms. The number of carbonyl (C=O) groups is 1. The van der Waals surface area contributed by atoms with Gasteiger partial charge in [-0.2, -0.15) is 0 Å². The fraction of sp³-hybridized carbons (Fsp3) is 0.533. The first-order valence-electron chi connectivity index (χ1n) is 7.53. The van der Waals surface area contributed by atoms with Crippen LogP contribution in [0.5, 0.6) is 0 Å². The van der Waals surface area contributed by atoms with Crippen LogP contribution in [0.2, 0.25) is 5.02 Å². The topological polar surface area (TPSA) is 77.9 Å². The molecule has 1 fully saturated rings. The van der Waals surface area contributed by atoms with Gasteiger partial charge in [0.05, 0.1) is 17.3 Å². The Bertz CT molecular complexity index is 709. The second kappa shape index (κ2) is 9.14. The summed E-state index contributed by atoms with van der Waals surface area (Å²) in [5.74, 6) is -1.72. The normalized spacial score (nSPS) is 16.6. The van der Waals surface area contributed by atoms with Gasteiger partial charge in [0, 0.05) is 19.1 Å². The van der Waals surface area contributed by atoms with Crippen molar-refractivity contribution in [2.75, 3.05) is 26.7 Å². The molecule has 1 aromatic carbocycles. The van der Waals surface area contributed by atoms with Crippen LogP contribution in [0.15, 0.2) is 18.2 Å². The molecule has 0 amide bonds. The number of sulfonamides is 1. The van der Waals surface area contributed by atoms with E-state index in [9.17, 15) is 17.6 Å². The number of carboxylic acid groups (broad SMARTS) is 1. The number of aliphatic carboxylic acids is 1. The van der Waals surface area contributed by atoms with E-state index in [0.717, 1.165) is 6.07 Å². The van der Waals surface area contributed by atoms with Gasteiger partial charge in [0.15, 0.2) is 0 Å². The van der Waals surface area contributed by atoms with E-state index in [-0.39, 0.29) is 35.8 Å². The third-order valence-corrected chi connectivity index (χ3v) is 6.30. The molecule has 25 heavy (non-hydrogen) atoms. The third-order valence-electron chi connectivity index (χ3n) is 4.16. The molecule has 0 aromatic heterocycles. The van der Waals surface area contributed by atoms with E-state index in [1.807, 2.05) is 0 Å². The van der Waals surface area contributed by atoms with Gasteiger partial charge < -0.3 is 5.11 Å². The fourth-order valence-electron chi connectivity index (χ4n) is 2.83. The number of benzene rings is 1. The fourth-order valence-corrected chi connectivity index (χ4v) is 4.59. The second-order valence-electron chi connectivity index (χ2n) is 5.94. The van der Waals surface area contributed by atoms with Gasteiger partial charge in [0.25, 0.3) is 0 Å². The Hall–Kier alpha value is -0.930. The lowest BCUT2D eigenvalue weighted by molar-refractivity contribution is -0.138. The van der Waals surface area contributed by atoms with Gasteiger partial charge in [-0.15, -0.1) is 12.4 Å². The Kier molecular flexibility index (Phi) is 8.08. The zero-order valence-corrected chi connectivity index (χ0v) is 16.1. The molecule has 0 spiro atoms. The molecule has 1 aromatic rings. The molecule has 1 saturated heterocycles. The minimum absolute atomic E-state index is 0. The van der Waals surface area contributed by atoms with Crippen LogP contribution in [0.3, 0.4) is 0 Å². The van der Waals surface area contributed by atoms with Crippen LogP contribution in [0.25, 0.3) is 0 Å². The van der Waals surface area contributed by atoms with Crippen molar-refractivity contribution >= 4 is 40.0 Å². The summed E-state index contributed by atoms with van der Waals surface area (Å²) >= 11 is 5.69. The summed E-state index contributed by atoms with van der Waals surface area (Å²) in [5, 5.41) is 8.72. The quantitative estimate of drug-likeness (QED) is 0.771. The van der Waals surface area contributed by atoms with Gasteiger partial charge in [-0.05, 0) is 37.6 Å². The maximum Gasteiger partial charge on any atom is 0.317 e. The van der Waals surface area contributed by atoms with Gasteiger partial charge in [-0.25, -0.2) is 17.1 Å². The lowest BCUT2D eigenvalue weighted by Gasteiger charge is -2.35. The standard InChI is InChI=1S/C15H20ClFN2O4S.ClH/c1-18(9-15(20)21)12-4-6-19(7-5-12)24(22,23)10-11-2-3-14(17)13(16)8-11;/h2-3,8,12H,4-7,9-10H2,1H3,(H,20,21);1H. The molecule has 0 aliphatic carbocycles. The number of hydrogen-bond acceptors (Lipinski definition) is 4. The minimum Gasteiger partial charge on any atom is -0.480 e. The molecule has 2 rings (SSSR count). The maximum atomic E-state index is 13.2. The summed E-state index contributed by atoms with van der Waals surface area (Å²) in [7, 11) is -1.80. The molecule has 1 heterocycles. The van der Waals surface area contributed by atoms with Crippen LogP contribution in [0.1, 0.15) is 18.4 Å². The highest BCUT2D eigenvalue weighted by Gasteiger charge is 2.30. The zero-order valence-electron chi connectivity index (χ0n) is 13.7. The monoisotopic (exact) mass is 414 g/mol. The van der Waals surface area contributed by atoms with E-state index in [1.54, 1.807) is 11.9 Å². The number of carboxylic acids is 1. The number of likely N-dealkylation sites (N-methyl/N-ethyl adjacent to an activating group) is 1. The smallest absolute Gasteiger partial charge is 0.317 e. The predicted molar refractivity (Wildman–Crippen MR) is 96.1 cm³/mol. The van der Waals surface area contributed by atoms with E-state index in [1.165, 1.54) is 16.4 Å². The molecule has 0 atom stereocenters. The predicted octanol–water partition coefficient (Wildman–Crippen LogP) is 2.21. The lowest BCUT2D eigenvalue weighted by atomic mass is 10.1. The molecular weight excluding hydrogens is 394 g/mol. The Labute approximate surface area is 158 Å². The van der Waals surface area contributed by atoms with Gasteiger partial charge in [0.1, 0.15) is 5.82 Å². The molecule has 142 valence electrons. The van der Waals surface area contributed by atoms with Gasteiger partial charge in [0.2, 0.25) is 10.0 Å². The van der Waals surface area contributed by atoms with Gasteiger partial charge in [-0.1, -0.05) is 17.7 Å². The first-order valence-corrected chi connectivity index (χ1v) is 9.51. The van der Waals surface area contributed by atoms with Crippen LogP contribution in [-0.4, -0.2) is 61.4 Å². The number of piperidine rings is 1. The van der Waals surface area contributed by atoms with Gasteiger partial charge in [-0.3, -0.25) is 9.69 Å². The van der Waals surface area contributed by atoms with Crippen LogP contribution in [0.4, 0.5) is 4.39 Å². The SMILES string of the molecule is CN(CC(=O)O)C1CCN(S(=O)(=O)Cc2ccc(F)c(Cl)c2)CC1.Cl. The molecular formula is C15H21Cl2FN2O4S. The van der Waals surface area contributed by atoms with Crippen LogP contribution in [0, 0.1) is 5.82 Å². The first kappa shape index (κ1) is 22.1. The average Bonchev–Trinajstić information content (AvgIpc) is 2.50. The van der Waals surface area contributed by atoms with E-state index >= 15 is 0 Å². The van der Waals surface area contributed by atoms with Crippen molar-refractivity contribution in [3.05, 3.63) is 34.6 Å². The summed E-state index contributed by atoms with van der Waals surface area (Å²) in [5.41, 5.74) is 0.437. The highest BCUT2D eigenvalue weighted by molar-refractivity contribution is 7.88. The van der Waals surface area contributed by atoms with Crippen LogP contribution in [-0.2, 0) is 20.6 Å². The van der Waals surface area contributed by atoms with Crippen molar-refractivity contribution in [3.63, 3.8) is 0 Å². The summed E-state index contributed by atoms with van der Waals surface area (Å²) in [4.78, 5) is 12.5. The average molecular weight is 415 g/mol. The third kappa shape index (κ3) is 6.07. The number of rotatable bonds is 6. The molecule has 10 heteroatoms. The molecule has 0 unspecified atom stereocenters. The van der Waals surface area contributed by atoms with Crippen LogP contribution < -0.4 is 0 Å². The van der Waals surface area contributed by atoms with Crippen LogP contribution >= 0.6 is 24.0 Å². The van der Waals surface area contributed by atoms with Crippen molar-refractivity contribution in [3.8, 4) is 0 Å². The molecule has 0 saturated carbocycles. The Morgan fingerprint density at radius 3 is 2.52 bits per heavy atom. The van der Waals surface area contributed by atoms with Crippen molar-refractivity contribution in [2.45, 2.75) is 24.6 Å². The van der Waals surface area contributed by atoms with E-state index < -0.39 is 21.8 Å². The highest BCUT2D eigenvalue weighted by Crippen LogP contribution is 2.22. The zero-order chi connectivity index (χ0) is 17.9. The van der Waals surface area contributed by atoms with E-state index in [0.29, 0.717) is 31.5 Å². The molecule has 1 aliphatic rings. The lowest BCUT2D eigenvalue weighted by Crippen LogP contribution is -2.46. The number of halogens is 3. The molecule has 1 aliphatic heterocycles. The van der Waals surface area contributed by atoms with Crippen molar-refractivity contribution in [1.82, 2.24) is 9.21 Å². The number of nitrogens with zero attached hydrogens (tertiary/aromatic N) is 2.